The van der Waals surface area contributed by atoms with Gasteiger partial charge >= 0.3 is 0 Å². The molecular formula is C17H18Cl2N4O. The second-order valence-corrected chi connectivity index (χ2v) is 6.69. The lowest BCUT2D eigenvalue weighted by Gasteiger charge is -2.22. The number of anilines is 2. The minimum absolute atomic E-state index is 0.179. The third-order valence-corrected chi connectivity index (χ3v) is 4.58. The summed E-state index contributed by atoms with van der Waals surface area (Å²) in [5.74, 6) is 0.315. The minimum atomic E-state index is -0.179. The van der Waals surface area contributed by atoms with Crippen LogP contribution in [0.15, 0.2) is 30.6 Å². The zero-order valence-corrected chi connectivity index (χ0v) is 14.6. The Bertz CT molecular complexity index is 715. The standard InChI is InChI=1S/C17H18Cl2N4O/c18-11-6-7-13(19)14(8-11)23-16-10-20-15(9-21-16)17(24)22-12-4-2-1-3-5-12/h6-10,12H,1-5H2,(H,21,23)(H,22,24). The fraction of sp³-hybridized carbons (Fsp3) is 0.353. The molecule has 3 rings (SSSR count). The highest BCUT2D eigenvalue weighted by Crippen LogP contribution is 2.27. The molecule has 1 aromatic carbocycles. The van der Waals surface area contributed by atoms with Gasteiger partial charge in [-0.1, -0.05) is 42.5 Å². The second-order valence-electron chi connectivity index (χ2n) is 5.84. The molecule has 7 heteroatoms. The smallest absolute Gasteiger partial charge is 0.271 e. The van der Waals surface area contributed by atoms with Crippen LogP contribution in [-0.2, 0) is 0 Å². The molecule has 24 heavy (non-hydrogen) atoms. The van der Waals surface area contributed by atoms with E-state index in [1.165, 1.54) is 31.7 Å². The van der Waals surface area contributed by atoms with Gasteiger partial charge in [0, 0.05) is 11.1 Å². The summed E-state index contributed by atoms with van der Waals surface area (Å²) in [6.45, 7) is 0. The summed E-state index contributed by atoms with van der Waals surface area (Å²) in [5, 5.41) is 7.16. The number of amides is 1. The van der Waals surface area contributed by atoms with E-state index in [2.05, 4.69) is 20.6 Å². The SMILES string of the molecule is O=C(NC1CCCCC1)c1cnc(Nc2cc(Cl)ccc2Cl)cn1. The van der Waals surface area contributed by atoms with Crippen LogP contribution in [0.3, 0.4) is 0 Å². The second kappa shape index (κ2) is 7.81. The van der Waals surface area contributed by atoms with Gasteiger partial charge in [-0.25, -0.2) is 9.97 Å². The molecule has 1 heterocycles. The largest absolute Gasteiger partial charge is 0.348 e. The van der Waals surface area contributed by atoms with Crippen molar-refractivity contribution in [3.63, 3.8) is 0 Å². The van der Waals surface area contributed by atoms with E-state index in [1.807, 2.05) is 0 Å². The van der Waals surface area contributed by atoms with Crippen molar-refractivity contribution in [2.24, 2.45) is 0 Å². The zero-order valence-electron chi connectivity index (χ0n) is 13.1. The Morgan fingerprint density at radius 3 is 2.58 bits per heavy atom. The van der Waals surface area contributed by atoms with Gasteiger partial charge in [0.25, 0.3) is 5.91 Å². The quantitative estimate of drug-likeness (QED) is 0.832. The van der Waals surface area contributed by atoms with Crippen molar-refractivity contribution < 1.29 is 4.79 Å². The van der Waals surface area contributed by atoms with Gasteiger partial charge in [-0.2, -0.15) is 0 Å². The van der Waals surface area contributed by atoms with Gasteiger partial charge in [-0.3, -0.25) is 4.79 Å². The van der Waals surface area contributed by atoms with Crippen molar-refractivity contribution in [2.75, 3.05) is 5.32 Å². The molecule has 2 aromatic rings. The highest BCUT2D eigenvalue weighted by molar-refractivity contribution is 6.35. The highest BCUT2D eigenvalue weighted by Gasteiger charge is 2.17. The van der Waals surface area contributed by atoms with Crippen LogP contribution >= 0.6 is 23.2 Å². The van der Waals surface area contributed by atoms with Crippen LogP contribution in [0, 0.1) is 0 Å². The van der Waals surface area contributed by atoms with Crippen LogP contribution in [0.1, 0.15) is 42.6 Å². The van der Waals surface area contributed by atoms with Crippen molar-refractivity contribution in [3.8, 4) is 0 Å². The molecule has 5 nitrogen and oxygen atoms in total. The number of rotatable bonds is 4. The van der Waals surface area contributed by atoms with Crippen LogP contribution < -0.4 is 10.6 Å². The van der Waals surface area contributed by atoms with Gasteiger partial charge in [0.05, 0.1) is 23.1 Å². The molecule has 1 aliphatic carbocycles. The predicted molar refractivity (Wildman–Crippen MR) is 96.1 cm³/mol. The van der Waals surface area contributed by atoms with E-state index in [0.717, 1.165) is 12.8 Å². The number of nitrogens with one attached hydrogen (secondary N) is 2. The van der Waals surface area contributed by atoms with Gasteiger partial charge in [0.2, 0.25) is 0 Å². The molecule has 0 bridgehead atoms. The lowest BCUT2D eigenvalue weighted by atomic mass is 9.95. The van der Waals surface area contributed by atoms with Crippen LogP contribution in [0.25, 0.3) is 0 Å². The summed E-state index contributed by atoms with van der Waals surface area (Å²) < 4.78 is 0. The summed E-state index contributed by atoms with van der Waals surface area (Å²) in [5.41, 5.74) is 0.946. The summed E-state index contributed by atoms with van der Waals surface area (Å²) in [6, 6.07) is 5.36. The number of hydrogen-bond acceptors (Lipinski definition) is 4. The molecule has 0 atom stereocenters. The number of aromatic nitrogens is 2. The van der Waals surface area contributed by atoms with Crippen molar-refractivity contribution >= 4 is 40.6 Å². The first-order valence-corrected chi connectivity index (χ1v) is 8.72. The van der Waals surface area contributed by atoms with Gasteiger partial charge < -0.3 is 10.6 Å². The molecule has 0 radical (unpaired) electrons. The lowest BCUT2D eigenvalue weighted by molar-refractivity contribution is 0.0922. The van der Waals surface area contributed by atoms with E-state index < -0.39 is 0 Å². The predicted octanol–water partition coefficient (Wildman–Crippen LogP) is 4.59. The first kappa shape index (κ1) is 17.0. The zero-order chi connectivity index (χ0) is 16.9. The van der Waals surface area contributed by atoms with Gasteiger partial charge in [0.1, 0.15) is 11.5 Å². The minimum Gasteiger partial charge on any atom is -0.348 e. The van der Waals surface area contributed by atoms with Crippen molar-refractivity contribution in [2.45, 2.75) is 38.1 Å². The topological polar surface area (TPSA) is 66.9 Å². The van der Waals surface area contributed by atoms with Gasteiger partial charge in [-0.05, 0) is 31.0 Å². The van der Waals surface area contributed by atoms with E-state index in [9.17, 15) is 4.79 Å². The summed E-state index contributed by atoms with van der Waals surface area (Å²) in [7, 11) is 0. The van der Waals surface area contributed by atoms with Crippen molar-refractivity contribution in [1.29, 1.82) is 0 Å². The molecule has 0 spiro atoms. The summed E-state index contributed by atoms with van der Waals surface area (Å²) >= 11 is 12.1. The molecule has 1 aromatic heterocycles. The van der Waals surface area contributed by atoms with Gasteiger partial charge in [0.15, 0.2) is 0 Å². The number of halogens is 2. The van der Waals surface area contributed by atoms with Gasteiger partial charge in [-0.15, -0.1) is 0 Å². The number of hydrogen-bond donors (Lipinski definition) is 2. The average molecular weight is 365 g/mol. The van der Waals surface area contributed by atoms with E-state index in [4.69, 9.17) is 23.2 Å². The van der Waals surface area contributed by atoms with E-state index in [0.29, 0.717) is 27.2 Å². The molecule has 2 N–H and O–H groups in total. The Morgan fingerprint density at radius 1 is 1.08 bits per heavy atom. The van der Waals surface area contributed by atoms with Crippen molar-refractivity contribution in [3.05, 3.63) is 46.3 Å². The molecule has 1 saturated carbocycles. The normalized spacial score (nSPS) is 15.1. The lowest BCUT2D eigenvalue weighted by Crippen LogP contribution is -2.36. The van der Waals surface area contributed by atoms with Crippen LogP contribution in [0.2, 0.25) is 10.0 Å². The fourth-order valence-corrected chi connectivity index (χ4v) is 3.08. The van der Waals surface area contributed by atoms with Crippen LogP contribution in [0.5, 0.6) is 0 Å². The summed E-state index contributed by atoms with van der Waals surface area (Å²) in [6.07, 6.45) is 8.61. The molecule has 0 unspecified atom stereocenters. The molecule has 126 valence electrons. The molecule has 1 amide bonds. The average Bonchev–Trinajstić information content (AvgIpc) is 2.60. The Morgan fingerprint density at radius 2 is 1.88 bits per heavy atom. The number of benzene rings is 1. The first-order valence-electron chi connectivity index (χ1n) is 7.97. The molecule has 1 aliphatic rings. The maximum absolute atomic E-state index is 12.2. The monoisotopic (exact) mass is 364 g/mol. The fourth-order valence-electron chi connectivity index (χ4n) is 2.75. The maximum Gasteiger partial charge on any atom is 0.271 e. The maximum atomic E-state index is 12.2. The highest BCUT2D eigenvalue weighted by atomic mass is 35.5. The number of carbonyl (C=O) groups is 1. The molecule has 0 saturated heterocycles. The third-order valence-electron chi connectivity index (χ3n) is 4.02. The number of carbonyl (C=O) groups excluding carboxylic acids is 1. The van der Waals surface area contributed by atoms with E-state index in [-0.39, 0.29) is 11.9 Å². The van der Waals surface area contributed by atoms with E-state index >= 15 is 0 Å². The molecular weight excluding hydrogens is 347 g/mol. The third kappa shape index (κ3) is 4.36. The Hall–Kier alpha value is -1.85. The Labute approximate surface area is 150 Å². The first-order chi connectivity index (χ1) is 11.6. The Balaban J connectivity index is 1.64. The number of nitrogens with zero attached hydrogens (tertiary/aromatic N) is 2. The van der Waals surface area contributed by atoms with E-state index in [1.54, 1.807) is 18.2 Å². The summed E-state index contributed by atoms with van der Waals surface area (Å²) in [4.78, 5) is 20.6. The Kier molecular flexibility index (Phi) is 5.53. The van der Waals surface area contributed by atoms with Crippen LogP contribution in [0.4, 0.5) is 11.5 Å². The van der Waals surface area contributed by atoms with Crippen LogP contribution in [-0.4, -0.2) is 21.9 Å². The molecule has 0 aliphatic heterocycles. The van der Waals surface area contributed by atoms with Crippen molar-refractivity contribution in [1.82, 2.24) is 15.3 Å². The molecule has 1 fully saturated rings.